The normalized spacial score (nSPS) is 17.2. The van der Waals surface area contributed by atoms with E-state index in [-0.39, 0.29) is 6.10 Å². The summed E-state index contributed by atoms with van der Waals surface area (Å²) in [7, 11) is 0. The van der Waals surface area contributed by atoms with Crippen LogP contribution in [-0.2, 0) is 6.54 Å². The van der Waals surface area contributed by atoms with Crippen molar-refractivity contribution in [3.8, 4) is 11.5 Å². The third-order valence-electron chi connectivity index (χ3n) is 3.53. The lowest BCUT2D eigenvalue weighted by atomic mass is 10.2. The van der Waals surface area contributed by atoms with E-state index in [9.17, 15) is 0 Å². The fourth-order valence-corrected chi connectivity index (χ4v) is 2.46. The lowest BCUT2D eigenvalue weighted by molar-refractivity contribution is 0.0556. The van der Waals surface area contributed by atoms with E-state index in [1.807, 2.05) is 37.3 Å². The van der Waals surface area contributed by atoms with Crippen LogP contribution in [0.1, 0.15) is 18.4 Å². The van der Waals surface area contributed by atoms with Crippen LogP contribution in [-0.4, -0.2) is 35.9 Å². The molecule has 0 bridgehead atoms. The second kappa shape index (κ2) is 6.18. The van der Waals surface area contributed by atoms with Crippen molar-refractivity contribution in [2.24, 2.45) is 0 Å². The second-order valence-corrected chi connectivity index (χ2v) is 5.26. The van der Waals surface area contributed by atoms with Crippen LogP contribution in [0.2, 0.25) is 0 Å². The summed E-state index contributed by atoms with van der Waals surface area (Å²) >= 11 is 0. The van der Waals surface area contributed by atoms with Gasteiger partial charge < -0.3 is 14.0 Å². The maximum atomic E-state index is 5.99. The SMILES string of the molecule is CCN(Cc1cc(C)no1)CC1COc2ccccc2O1. The Morgan fingerprint density at radius 3 is 2.81 bits per heavy atom. The molecule has 1 aliphatic heterocycles. The first-order valence-corrected chi connectivity index (χ1v) is 7.27. The number of ether oxygens (including phenoxy) is 2. The molecule has 1 unspecified atom stereocenters. The number of hydrogen-bond donors (Lipinski definition) is 0. The fourth-order valence-electron chi connectivity index (χ4n) is 2.46. The molecule has 1 atom stereocenters. The number of benzene rings is 1. The molecule has 0 spiro atoms. The Hall–Kier alpha value is -2.01. The van der Waals surface area contributed by atoms with Crippen LogP contribution in [0.5, 0.6) is 11.5 Å². The Balaban J connectivity index is 1.60. The average molecular weight is 288 g/mol. The van der Waals surface area contributed by atoms with Crippen LogP contribution in [0, 0.1) is 6.92 Å². The molecule has 0 radical (unpaired) electrons. The lowest BCUT2D eigenvalue weighted by Gasteiger charge is -2.30. The number of para-hydroxylation sites is 2. The molecule has 1 aromatic heterocycles. The van der Waals surface area contributed by atoms with Gasteiger partial charge in [0.25, 0.3) is 0 Å². The van der Waals surface area contributed by atoms with E-state index in [0.717, 1.165) is 42.6 Å². The molecule has 21 heavy (non-hydrogen) atoms. The summed E-state index contributed by atoms with van der Waals surface area (Å²) < 4.78 is 17.0. The first-order chi connectivity index (χ1) is 10.2. The summed E-state index contributed by atoms with van der Waals surface area (Å²) in [6.45, 7) is 7.08. The third-order valence-corrected chi connectivity index (χ3v) is 3.53. The standard InChI is InChI=1S/C16H20N2O3/c1-3-18(9-13-8-12(2)17-21-13)10-14-11-19-15-6-4-5-7-16(15)20-14/h4-8,14H,3,9-11H2,1-2H3. The minimum Gasteiger partial charge on any atom is -0.486 e. The number of likely N-dealkylation sites (N-methyl/N-ethyl adjacent to an activating group) is 1. The van der Waals surface area contributed by atoms with Gasteiger partial charge in [0.15, 0.2) is 17.3 Å². The molecule has 0 saturated carbocycles. The molecule has 2 aromatic rings. The van der Waals surface area contributed by atoms with Crippen molar-refractivity contribution in [1.29, 1.82) is 0 Å². The van der Waals surface area contributed by atoms with Gasteiger partial charge in [-0.2, -0.15) is 0 Å². The van der Waals surface area contributed by atoms with Crippen molar-refractivity contribution < 1.29 is 14.0 Å². The molecule has 5 heteroatoms. The minimum atomic E-state index is 0.0314. The van der Waals surface area contributed by atoms with Crippen LogP contribution in [0.25, 0.3) is 0 Å². The number of hydrogen-bond acceptors (Lipinski definition) is 5. The molecule has 0 saturated heterocycles. The topological polar surface area (TPSA) is 47.7 Å². The van der Waals surface area contributed by atoms with Crippen molar-refractivity contribution in [2.45, 2.75) is 26.5 Å². The van der Waals surface area contributed by atoms with Crippen LogP contribution >= 0.6 is 0 Å². The average Bonchev–Trinajstić information content (AvgIpc) is 2.91. The number of fused-ring (bicyclic) bond motifs is 1. The second-order valence-electron chi connectivity index (χ2n) is 5.26. The molecular weight excluding hydrogens is 268 g/mol. The third kappa shape index (κ3) is 3.36. The van der Waals surface area contributed by atoms with Gasteiger partial charge in [-0.15, -0.1) is 0 Å². The minimum absolute atomic E-state index is 0.0314. The van der Waals surface area contributed by atoms with Gasteiger partial charge in [0.05, 0.1) is 12.2 Å². The Labute approximate surface area is 124 Å². The predicted molar refractivity (Wildman–Crippen MR) is 78.5 cm³/mol. The zero-order valence-electron chi connectivity index (χ0n) is 12.4. The Morgan fingerprint density at radius 1 is 1.29 bits per heavy atom. The number of aryl methyl sites for hydroxylation is 1. The smallest absolute Gasteiger partial charge is 0.161 e. The highest BCUT2D eigenvalue weighted by atomic mass is 16.6. The van der Waals surface area contributed by atoms with Crippen molar-refractivity contribution in [3.63, 3.8) is 0 Å². The molecular formula is C16H20N2O3. The Kier molecular flexibility index (Phi) is 4.10. The fraction of sp³-hybridized carbons (Fsp3) is 0.438. The summed E-state index contributed by atoms with van der Waals surface area (Å²) in [4.78, 5) is 2.27. The molecule has 2 heterocycles. The van der Waals surface area contributed by atoms with E-state index in [2.05, 4.69) is 17.0 Å². The van der Waals surface area contributed by atoms with Crippen molar-refractivity contribution in [1.82, 2.24) is 10.1 Å². The molecule has 3 rings (SSSR count). The first kappa shape index (κ1) is 13.9. The highest BCUT2D eigenvalue weighted by Crippen LogP contribution is 2.31. The van der Waals surface area contributed by atoms with Gasteiger partial charge in [0, 0.05) is 12.6 Å². The monoisotopic (exact) mass is 288 g/mol. The summed E-state index contributed by atoms with van der Waals surface area (Å²) in [5.74, 6) is 2.52. The zero-order chi connectivity index (χ0) is 14.7. The molecule has 0 amide bonds. The van der Waals surface area contributed by atoms with Gasteiger partial charge in [-0.25, -0.2) is 0 Å². The molecule has 0 fully saturated rings. The van der Waals surface area contributed by atoms with Crippen molar-refractivity contribution in [2.75, 3.05) is 19.7 Å². The highest BCUT2D eigenvalue weighted by molar-refractivity contribution is 5.40. The molecule has 0 N–H and O–H groups in total. The summed E-state index contributed by atoms with van der Waals surface area (Å²) in [6.07, 6.45) is 0.0314. The number of nitrogens with zero attached hydrogens (tertiary/aromatic N) is 2. The Morgan fingerprint density at radius 2 is 2.10 bits per heavy atom. The van der Waals surface area contributed by atoms with Crippen molar-refractivity contribution >= 4 is 0 Å². The number of aromatic nitrogens is 1. The Bertz CT molecular complexity index is 597. The quantitative estimate of drug-likeness (QED) is 0.846. The maximum Gasteiger partial charge on any atom is 0.161 e. The van der Waals surface area contributed by atoms with Crippen LogP contribution in [0.4, 0.5) is 0 Å². The van der Waals surface area contributed by atoms with Gasteiger partial charge in [-0.1, -0.05) is 24.2 Å². The van der Waals surface area contributed by atoms with Crippen molar-refractivity contribution in [3.05, 3.63) is 41.8 Å². The van der Waals surface area contributed by atoms with Crippen LogP contribution in [0.3, 0.4) is 0 Å². The van der Waals surface area contributed by atoms with E-state index in [4.69, 9.17) is 14.0 Å². The molecule has 1 aromatic carbocycles. The molecule has 1 aliphatic rings. The molecule has 5 nitrogen and oxygen atoms in total. The molecule has 0 aliphatic carbocycles. The number of rotatable bonds is 5. The summed E-state index contributed by atoms with van der Waals surface area (Å²) in [6, 6.07) is 9.75. The van der Waals surface area contributed by atoms with Crippen LogP contribution in [0.15, 0.2) is 34.9 Å². The summed E-state index contributed by atoms with van der Waals surface area (Å²) in [5, 5.41) is 3.92. The van der Waals surface area contributed by atoms with Crippen LogP contribution < -0.4 is 9.47 Å². The lowest BCUT2D eigenvalue weighted by Crippen LogP contribution is -2.40. The first-order valence-electron chi connectivity index (χ1n) is 7.27. The van der Waals surface area contributed by atoms with Gasteiger partial charge in [-0.3, -0.25) is 4.90 Å². The van der Waals surface area contributed by atoms with Gasteiger partial charge in [0.2, 0.25) is 0 Å². The van der Waals surface area contributed by atoms with Gasteiger partial charge in [0.1, 0.15) is 12.7 Å². The largest absolute Gasteiger partial charge is 0.486 e. The van der Waals surface area contributed by atoms with E-state index >= 15 is 0 Å². The zero-order valence-corrected chi connectivity index (χ0v) is 12.4. The highest BCUT2D eigenvalue weighted by Gasteiger charge is 2.23. The van der Waals surface area contributed by atoms with Gasteiger partial charge in [-0.05, 0) is 25.6 Å². The van der Waals surface area contributed by atoms with E-state index in [0.29, 0.717) is 6.61 Å². The van der Waals surface area contributed by atoms with E-state index in [1.54, 1.807) is 0 Å². The predicted octanol–water partition coefficient (Wildman–Crippen LogP) is 2.64. The maximum absolute atomic E-state index is 5.99. The van der Waals surface area contributed by atoms with Gasteiger partial charge >= 0.3 is 0 Å². The van der Waals surface area contributed by atoms with E-state index < -0.39 is 0 Å². The summed E-state index contributed by atoms with van der Waals surface area (Å²) in [5.41, 5.74) is 0.909. The molecule has 112 valence electrons. The van der Waals surface area contributed by atoms with E-state index in [1.165, 1.54) is 0 Å².